The summed E-state index contributed by atoms with van der Waals surface area (Å²) in [7, 11) is 0. The molecular formula is C12H15IN2O2S. The lowest BCUT2D eigenvalue weighted by atomic mass is 10.1. The van der Waals surface area contributed by atoms with Crippen LogP contribution in [0.25, 0.3) is 0 Å². The molecule has 0 saturated heterocycles. The molecule has 1 aromatic carbocycles. The predicted octanol–water partition coefficient (Wildman–Crippen LogP) is 2.18. The van der Waals surface area contributed by atoms with Crippen LogP contribution in [-0.4, -0.2) is 22.0 Å². The number of rotatable bonds is 5. The number of amides is 1. The van der Waals surface area contributed by atoms with Crippen molar-refractivity contribution in [2.75, 3.05) is 0 Å². The van der Waals surface area contributed by atoms with E-state index in [2.05, 4.69) is 5.32 Å². The van der Waals surface area contributed by atoms with Gasteiger partial charge in [0.15, 0.2) is 0 Å². The Morgan fingerprint density at radius 3 is 2.78 bits per heavy atom. The van der Waals surface area contributed by atoms with E-state index in [1.54, 1.807) is 12.1 Å². The van der Waals surface area contributed by atoms with Gasteiger partial charge in [0.1, 0.15) is 5.75 Å². The van der Waals surface area contributed by atoms with Crippen molar-refractivity contribution < 1.29 is 9.90 Å². The van der Waals surface area contributed by atoms with Crippen LogP contribution in [0.5, 0.6) is 5.75 Å². The lowest BCUT2D eigenvalue weighted by molar-refractivity contribution is 0.0945. The average molecular weight is 378 g/mol. The molecule has 0 spiro atoms. The van der Waals surface area contributed by atoms with Crippen LogP contribution in [0.1, 0.15) is 30.1 Å². The third-order valence-corrected chi connectivity index (χ3v) is 3.63. The molecule has 18 heavy (non-hydrogen) atoms. The largest absolute Gasteiger partial charge is 0.507 e. The minimum atomic E-state index is -0.307. The van der Waals surface area contributed by atoms with Crippen LogP contribution in [0.15, 0.2) is 18.2 Å². The van der Waals surface area contributed by atoms with E-state index >= 15 is 0 Å². The van der Waals surface area contributed by atoms with Gasteiger partial charge in [0.25, 0.3) is 5.91 Å². The lowest BCUT2D eigenvalue weighted by Gasteiger charge is -2.16. The number of carbonyl (C=O) groups is 1. The van der Waals surface area contributed by atoms with Crippen LogP contribution in [0.4, 0.5) is 0 Å². The van der Waals surface area contributed by atoms with Crippen molar-refractivity contribution in [3.63, 3.8) is 0 Å². The Balaban J connectivity index is 2.80. The van der Waals surface area contributed by atoms with Crippen molar-refractivity contribution in [2.24, 2.45) is 5.73 Å². The highest BCUT2D eigenvalue weighted by atomic mass is 127. The van der Waals surface area contributed by atoms with Crippen LogP contribution < -0.4 is 11.1 Å². The minimum absolute atomic E-state index is 0.0885. The molecule has 0 bridgehead atoms. The minimum Gasteiger partial charge on any atom is -0.507 e. The van der Waals surface area contributed by atoms with Crippen molar-refractivity contribution in [3.05, 3.63) is 27.3 Å². The summed E-state index contributed by atoms with van der Waals surface area (Å²) < 4.78 is 0.698. The summed E-state index contributed by atoms with van der Waals surface area (Å²) >= 11 is 6.90. The van der Waals surface area contributed by atoms with Gasteiger partial charge in [-0.1, -0.05) is 25.6 Å². The lowest BCUT2D eigenvalue weighted by Crippen LogP contribution is -2.43. The fourth-order valence-electron chi connectivity index (χ4n) is 1.47. The topological polar surface area (TPSA) is 75.3 Å². The van der Waals surface area contributed by atoms with Crippen molar-refractivity contribution in [1.29, 1.82) is 0 Å². The first-order chi connectivity index (χ1) is 8.45. The molecule has 98 valence electrons. The van der Waals surface area contributed by atoms with Crippen molar-refractivity contribution in [1.82, 2.24) is 5.32 Å². The number of thiocarbonyl (C=S) groups is 1. The number of benzene rings is 1. The average Bonchev–Trinajstić information content (AvgIpc) is 2.31. The Bertz CT molecular complexity index is 465. The maximum Gasteiger partial charge on any atom is 0.251 e. The third kappa shape index (κ3) is 4.09. The molecule has 0 radical (unpaired) electrons. The first-order valence-corrected chi connectivity index (χ1v) is 7.03. The van der Waals surface area contributed by atoms with Gasteiger partial charge in [0, 0.05) is 5.56 Å². The monoisotopic (exact) mass is 378 g/mol. The molecule has 1 amide bonds. The molecule has 1 rings (SSSR count). The second-order valence-corrected chi connectivity index (χ2v) is 5.52. The maximum absolute atomic E-state index is 12.0. The normalized spacial score (nSPS) is 11.9. The molecule has 1 atom stereocenters. The van der Waals surface area contributed by atoms with E-state index in [1.807, 2.05) is 29.5 Å². The summed E-state index contributed by atoms with van der Waals surface area (Å²) in [4.78, 5) is 12.2. The smallest absolute Gasteiger partial charge is 0.251 e. The quantitative estimate of drug-likeness (QED) is 0.543. The molecular weight excluding hydrogens is 363 g/mol. The third-order valence-electron chi connectivity index (χ3n) is 2.43. The fraction of sp³-hybridized carbons (Fsp3) is 0.333. The SMILES string of the molecule is CCCC(NC(=O)c1ccc(I)c(O)c1)C(N)=S. The molecule has 0 aliphatic rings. The van der Waals surface area contributed by atoms with Crippen LogP contribution in [0, 0.1) is 3.57 Å². The maximum atomic E-state index is 12.0. The van der Waals surface area contributed by atoms with Gasteiger partial charge in [-0.3, -0.25) is 4.79 Å². The highest BCUT2D eigenvalue weighted by Crippen LogP contribution is 2.20. The Hall–Kier alpha value is -0.890. The molecule has 0 aromatic heterocycles. The second-order valence-electron chi connectivity index (χ2n) is 3.88. The van der Waals surface area contributed by atoms with Gasteiger partial charge in [0.05, 0.1) is 14.6 Å². The number of nitrogens with two attached hydrogens (primary N) is 1. The summed E-state index contributed by atoms with van der Waals surface area (Å²) in [6.45, 7) is 1.99. The van der Waals surface area contributed by atoms with Gasteiger partial charge in [-0.2, -0.15) is 0 Å². The summed E-state index contributed by atoms with van der Waals surface area (Å²) in [5, 5.41) is 12.3. The number of aromatic hydroxyl groups is 1. The summed E-state index contributed by atoms with van der Waals surface area (Å²) in [6, 6.07) is 4.46. The van der Waals surface area contributed by atoms with Gasteiger partial charge in [0.2, 0.25) is 0 Å². The molecule has 0 fully saturated rings. The molecule has 0 saturated carbocycles. The van der Waals surface area contributed by atoms with Gasteiger partial charge in [-0.25, -0.2) is 0 Å². The summed E-state index contributed by atoms with van der Waals surface area (Å²) in [5.41, 5.74) is 5.96. The fourth-order valence-corrected chi connectivity index (χ4v) is 1.98. The van der Waals surface area contributed by atoms with E-state index < -0.39 is 0 Å². The van der Waals surface area contributed by atoms with E-state index in [4.69, 9.17) is 18.0 Å². The Kier molecular flexibility index (Phi) is 5.80. The van der Waals surface area contributed by atoms with Gasteiger partial charge in [-0.05, 0) is 47.2 Å². The van der Waals surface area contributed by atoms with Gasteiger partial charge < -0.3 is 16.2 Å². The van der Waals surface area contributed by atoms with E-state index in [9.17, 15) is 9.90 Å². The molecule has 1 aromatic rings. The highest BCUT2D eigenvalue weighted by Gasteiger charge is 2.16. The van der Waals surface area contributed by atoms with Crippen molar-refractivity contribution in [2.45, 2.75) is 25.8 Å². The summed E-state index contributed by atoms with van der Waals surface area (Å²) in [5.74, 6) is -0.196. The zero-order valence-electron chi connectivity index (χ0n) is 9.94. The Morgan fingerprint density at radius 1 is 1.61 bits per heavy atom. The number of hydrogen-bond acceptors (Lipinski definition) is 3. The van der Waals surface area contributed by atoms with E-state index in [0.717, 1.165) is 6.42 Å². The molecule has 0 heterocycles. The predicted molar refractivity (Wildman–Crippen MR) is 83.8 cm³/mol. The number of carbonyl (C=O) groups excluding carboxylic acids is 1. The second kappa shape index (κ2) is 6.89. The Morgan fingerprint density at radius 2 is 2.28 bits per heavy atom. The van der Waals surface area contributed by atoms with E-state index in [0.29, 0.717) is 15.6 Å². The number of phenolic OH excluding ortho intramolecular Hbond substituents is 1. The molecule has 1 unspecified atom stereocenters. The van der Waals surface area contributed by atoms with Crippen molar-refractivity contribution in [3.8, 4) is 5.75 Å². The van der Waals surface area contributed by atoms with Gasteiger partial charge >= 0.3 is 0 Å². The molecule has 0 aliphatic carbocycles. The molecule has 4 nitrogen and oxygen atoms in total. The number of hydrogen-bond donors (Lipinski definition) is 3. The molecule has 6 heteroatoms. The first kappa shape index (κ1) is 15.2. The number of phenols is 1. The van der Waals surface area contributed by atoms with Crippen LogP contribution >= 0.6 is 34.8 Å². The molecule has 4 N–H and O–H groups in total. The summed E-state index contributed by atoms with van der Waals surface area (Å²) in [6.07, 6.45) is 1.58. The first-order valence-electron chi connectivity index (χ1n) is 5.54. The van der Waals surface area contributed by atoms with Crippen LogP contribution in [-0.2, 0) is 0 Å². The van der Waals surface area contributed by atoms with Crippen molar-refractivity contribution >= 4 is 45.7 Å². The zero-order valence-corrected chi connectivity index (χ0v) is 12.9. The standard InChI is InChI=1S/C12H15IN2O2S/c1-2-3-9(11(14)18)15-12(17)7-4-5-8(13)10(16)6-7/h4-6,9,16H,2-3H2,1H3,(H2,14,18)(H,15,17). The zero-order chi connectivity index (χ0) is 13.7. The number of nitrogens with one attached hydrogen (secondary N) is 1. The Labute approximate surface area is 125 Å². The highest BCUT2D eigenvalue weighted by molar-refractivity contribution is 14.1. The van der Waals surface area contributed by atoms with Crippen LogP contribution in [0.3, 0.4) is 0 Å². The van der Waals surface area contributed by atoms with Crippen LogP contribution in [0.2, 0.25) is 0 Å². The molecule has 0 aliphatic heterocycles. The van der Waals surface area contributed by atoms with Gasteiger partial charge in [-0.15, -0.1) is 0 Å². The van der Waals surface area contributed by atoms with E-state index in [1.165, 1.54) is 6.07 Å². The van der Waals surface area contributed by atoms with E-state index in [-0.39, 0.29) is 22.7 Å². The number of halogens is 1.